The summed E-state index contributed by atoms with van der Waals surface area (Å²) in [6.07, 6.45) is -2.81. The molecule has 0 radical (unpaired) electrons. The summed E-state index contributed by atoms with van der Waals surface area (Å²) in [6.45, 7) is 0.153. The van der Waals surface area contributed by atoms with Gasteiger partial charge in [0.2, 0.25) is 0 Å². The Hall–Kier alpha value is -3.00. The van der Waals surface area contributed by atoms with Gasteiger partial charge in [-0.15, -0.1) is 0 Å². The highest BCUT2D eigenvalue weighted by Crippen LogP contribution is 2.31. The zero-order chi connectivity index (χ0) is 19.6. The summed E-state index contributed by atoms with van der Waals surface area (Å²) >= 11 is 0. The van der Waals surface area contributed by atoms with Gasteiger partial charge >= 0.3 is 12.1 Å². The molecule has 1 unspecified atom stereocenters. The van der Waals surface area contributed by atoms with Crippen molar-refractivity contribution in [3.05, 3.63) is 65.4 Å². The molecule has 1 aromatic heterocycles. The Labute approximate surface area is 152 Å². The Morgan fingerprint density at radius 1 is 1.26 bits per heavy atom. The van der Waals surface area contributed by atoms with E-state index in [0.29, 0.717) is 5.75 Å². The van der Waals surface area contributed by atoms with Crippen LogP contribution in [0.4, 0.5) is 13.2 Å². The lowest BCUT2D eigenvalue weighted by atomic mass is 10.0. The van der Waals surface area contributed by atoms with Crippen LogP contribution in [0.25, 0.3) is 10.9 Å². The number of benzene rings is 2. The molecule has 0 spiro atoms. The van der Waals surface area contributed by atoms with Crippen LogP contribution < -0.4 is 10.1 Å². The average Bonchev–Trinajstić information content (AvgIpc) is 3.03. The van der Waals surface area contributed by atoms with Crippen molar-refractivity contribution in [1.82, 2.24) is 10.3 Å². The van der Waals surface area contributed by atoms with Crippen LogP contribution in [-0.4, -0.2) is 23.2 Å². The van der Waals surface area contributed by atoms with Crippen molar-refractivity contribution in [2.75, 3.05) is 7.11 Å². The summed E-state index contributed by atoms with van der Waals surface area (Å²) in [5, 5.41) is 13.1. The summed E-state index contributed by atoms with van der Waals surface area (Å²) in [5.41, 5.74) is 0.778. The molecule has 1 atom stereocenters. The number of carboxylic acid groups (broad SMARTS) is 1. The number of alkyl halides is 3. The van der Waals surface area contributed by atoms with E-state index in [0.717, 1.165) is 28.6 Å². The van der Waals surface area contributed by atoms with Gasteiger partial charge in [0.15, 0.2) is 0 Å². The molecule has 27 heavy (non-hydrogen) atoms. The maximum atomic E-state index is 12.9. The Balaban J connectivity index is 1.85. The van der Waals surface area contributed by atoms with E-state index in [2.05, 4.69) is 10.3 Å². The van der Waals surface area contributed by atoms with Crippen LogP contribution in [0.3, 0.4) is 0 Å². The van der Waals surface area contributed by atoms with Crippen LogP contribution in [0.15, 0.2) is 48.7 Å². The number of aromatic nitrogens is 1. The van der Waals surface area contributed by atoms with Crippen molar-refractivity contribution in [2.24, 2.45) is 0 Å². The maximum absolute atomic E-state index is 12.9. The molecule has 2 aromatic carbocycles. The Morgan fingerprint density at radius 2 is 2.04 bits per heavy atom. The van der Waals surface area contributed by atoms with Gasteiger partial charge in [-0.25, -0.2) is 0 Å². The van der Waals surface area contributed by atoms with Crippen molar-refractivity contribution in [3.63, 3.8) is 0 Å². The first-order valence-corrected chi connectivity index (χ1v) is 8.07. The third kappa shape index (κ3) is 4.06. The second-order valence-corrected chi connectivity index (χ2v) is 6.00. The molecule has 142 valence electrons. The second-order valence-electron chi connectivity index (χ2n) is 6.00. The van der Waals surface area contributed by atoms with Crippen LogP contribution in [0.2, 0.25) is 0 Å². The number of rotatable bonds is 6. The Kier molecular flexibility index (Phi) is 5.09. The van der Waals surface area contributed by atoms with E-state index in [1.807, 2.05) is 12.1 Å². The molecule has 1 heterocycles. The number of hydrogen-bond donors (Lipinski definition) is 3. The SMILES string of the molecule is COc1ccc2[nH]cc(CNC(C(=O)O)c3cccc(C(F)(F)F)c3)c2c1. The van der Waals surface area contributed by atoms with Crippen molar-refractivity contribution >= 4 is 16.9 Å². The number of carbonyl (C=O) groups is 1. The van der Waals surface area contributed by atoms with Crippen LogP contribution in [0.5, 0.6) is 5.75 Å². The zero-order valence-corrected chi connectivity index (χ0v) is 14.3. The zero-order valence-electron chi connectivity index (χ0n) is 14.3. The average molecular weight is 378 g/mol. The van der Waals surface area contributed by atoms with E-state index in [4.69, 9.17) is 4.74 Å². The lowest BCUT2D eigenvalue weighted by Crippen LogP contribution is -2.28. The van der Waals surface area contributed by atoms with E-state index in [9.17, 15) is 23.1 Å². The number of hydrogen-bond acceptors (Lipinski definition) is 3. The van der Waals surface area contributed by atoms with Crippen LogP contribution in [-0.2, 0) is 17.5 Å². The number of H-pyrrole nitrogens is 1. The minimum atomic E-state index is -4.54. The number of aliphatic carboxylic acids is 1. The fourth-order valence-corrected chi connectivity index (χ4v) is 2.89. The lowest BCUT2D eigenvalue weighted by molar-refractivity contribution is -0.140. The highest BCUT2D eigenvalue weighted by molar-refractivity contribution is 5.84. The monoisotopic (exact) mass is 378 g/mol. The molecule has 0 saturated carbocycles. The first-order chi connectivity index (χ1) is 12.8. The van der Waals surface area contributed by atoms with E-state index in [1.54, 1.807) is 19.4 Å². The quantitative estimate of drug-likeness (QED) is 0.604. The van der Waals surface area contributed by atoms with Gasteiger partial charge in [-0.2, -0.15) is 13.2 Å². The van der Waals surface area contributed by atoms with Crippen LogP contribution >= 0.6 is 0 Å². The number of aromatic amines is 1. The molecule has 0 amide bonds. The summed E-state index contributed by atoms with van der Waals surface area (Å²) in [5.74, 6) is -0.609. The molecular formula is C19H17F3N2O3. The summed E-state index contributed by atoms with van der Waals surface area (Å²) in [7, 11) is 1.54. The third-order valence-electron chi connectivity index (χ3n) is 4.27. The van der Waals surface area contributed by atoms with Gasteiger partial charge in [-0.3, -0.25) is 10.1 Å². The lowest BCUT2D eigenvalue weighted by Gasteiger charge is -2.16. The number of fused-ring (bicyclic) bond motifs is 1. The van der Waals surface area contributed by atoms with Gasteiger partial charge < -0.3 is 14.8 Å². The molecule has 0 fully saturated rings. The summed E-state index contributed by atoms with van der Waals surface area (Å²) in [4.78, 5) is 14.7. The van der Waals surface area contributed by atoms with Crippen LogP contribution in [0, 0.1) is 0 Å². The smallest absolute Gasteiger partial charge is 0.416 e. The molecule has 0 aliphatic rings. The van der Waals surface area contributed by atoms with Crippen molar-refractivity contribution in [2.45, 2.75) is 18.8 Å². The largest absolute Gasteiger partial charge is 0.497 e. The minimum Gasteiger partial charge on any atom is -0.497 e. The van der Waals surface area contributed by atoms with E-state index < -0.39 is 23.8 Å². The van der Waals surface area contributed by atoms with Crippen molar-refractivity contribution in [3.8, 4) is 5.75 Å². The van der Waals surface area contributed by atoms with Gasteiger partial charge in [-0.05, 0) is 41.5 Å². The number of methoxy groups -OCH3 is 1. The molecule has 3 rings (SSSR count). The first kappa shape index (κ1) is 18.8. The van der Waals surface area contributed by atoms with Crippen LogP contribution in [0.1, 0.15) is 22.7 Å². The predicted molar refractivity (Wildman–Crippen MR) is 93.5 cm³/mol. The third-order valence-corrected chi connectivity index (χ3v) is 4.27. The fraction of sp³-hybridized carbons (Fsp3) is 0.211. The maximum Gasteiger partial charge on any atom is 0.416 e. The molecule has 5 nitrogen and oxygen atoms in total. The minimum absolute atomic E-state index is 0.0368. The number of ether oxygens (including phenoxy) is 1. The van der Waals surface area contributed by atoms with E-state index >= 15 is 0 Å². The van der Waals surface area contributed by atoms with E-state index in [-0.39, 0.29) is 12.1 Å². The summed E-state index contributed by atoms with van der Waals surface area (Å²) in [6, 6.07) is 8.48. The molecular weight excluding hydrogens is 361 g/mol. The molecule has 0 aliphatic carbocycles. The van der Waals surface area contributed by atoms with Gasteiger partial charge in [0.1, 0.15) is 11.8 Å². The summed E-state index contributed by atoms with van der Waals surface area (Å²) < 4.78 is 43.9. The topological polar surface area (TPSA) is 74.3 Å². The fourth-order valence-electron chi connectivity index (χ4n) is 2.89. The molecule has 3 N–H and O–H groups in total. The Morgan fingerprint density at radius 3 is 2.70 bits per heavy atom. The first-order valence-electron chi connectivity index (χ1n) is 8.07. The standard InChI is InChI=1S/C19H17F3N2O3/c1-27-14-5-6-16-15(8-14)12(9-23-16)10-24-17(18(25)26)11-3-2-4-13(7-11)19(20,21)22/h2-9,17,23-24H,10H2,1H3,(H,25,26). The van der Waals surface area contributed by atoms with Gasteiger partial charge in [-0.1, -0.05) is 12.1 Å². The molecule has 0 bridgehead atoms. The molecule has 0 aliphatic heterocycles. The van der Waals surface area contributed by atoms with Crippen molar-refractivity contribution < 1.29 is 27.8 Å². The van der Waals surface area contributed by atoms with Gasteiger partial charge in [0.25, 0.3) is 0 Å². The highest BCUT2D eigenvalue weighted by Gasteiger charge is 2.31. The highest BCUT2D eigenvalue weighted by atomic mass is 19.4. The second kappa shape index (κ2) is 7.32. The Bertz CT molecular complexity index is 966. The van der Waals surface area contributed by atoms with Crippen molar-refractivity contribution in [1.29, 1.82) is 0 Å². The van der Waals surface area contributed by atoms with Gasteiger partial charge in [0.05, 0.1) is 12.7 Å². The number of carboxylic acids is 1. The molecule has 8 heteroatoms. The predicted octanol–water partition coefficient (Wildman–Crippen LogP) is 4.11. The number of nitrogens with one attached hydrogen (secondary N) is 2. The number of halogens is 3. The molecule has 3 aromatic rings. The van der Waals surface area contributed by atoms with Gasteiger partial charge in [0, 0.05) is 23.6 Å². The normalized spacial score (nSPS) is 12.9. The molecule has 0 saturated heterocycles. The van der Waals surface area contributed by atoms with E-state index in [1.165, 1.54) is 12.1 Å².